The molecule has 0 bridgehead atoms. The summed E-state index contributed by atoms with van der Waals surface area (Å²) in [4.78, 5) is 19.5. The molecule has 0 unspecified atom stereocenters. The lowest BCUT2D eigenvalue weighted by Gasteiger charge is -1.77. The summed E-state index contributed by atoms with van der Waals surface area (Å²) in [6, 6.07) is 0. The fourth-order valence-corrected chi connectivity index (χ4v) is 0.449. The smallest absolute Gasteiger partial charge is 0.142 e. The van der Waals surface area contributed by atoms with Gasteiger partial charge in [0.15, 0.2) is 0 Å². The lowest BCUT2D eigenvalue weighted by atomic mass is 10.3. The first kappa shape index (κ1) is 8.82. The zero-order valence-electron chi connectivity index (χ0n) is 5.69. The van der Waals surface area contributed by atoms with E-state index in [0.29, 0.717) is 12.7 Å². The van der Waals surface area contributed by atoms with Gasteiger partial charge < -0.3 is 4.79 Å². The van der Waals surface area contributed by atoms with Crippen molar-refractivity contribution in [3.63, 3.8) is 0 Å². The molecule has 0 rings (SSSR count). The number of rotatable bonds is 5. The van der Waals surface area contributed by atoms with Crippen molar-refractivity contribution in [3.05, 3.63) is 24.3 Å². The predicted octanol–water partition coefficient (Wildman–Crippen LogP) is 1.28. The van der Waals surface area contributed by atoms with Crippen molar-refractivity contribution in [2.75, 3.05) is 0 Å². The van der Waals surface area contributed by atoms with Crippen LogP contribution in [0.5, 0.6) is 0 Å². The van der Waals surface area contributed by atoms with Crippen LogP contribution in [0.1, 0.15) is 12.8 Å². The average Bonchev–Trinajstić information content (AvgIpc) is 1.97. The first-order valence-corrected chi connectivity index (χ1v) is 3.12. The van der Waals surface area contributed by atoms with E-state index >= 15 is 0 Å². The van der Waals surface area contributed by atoms with Crippen LogP contribution in [0.25, 0.3) is 0 Å². The molecule has 0 saturated heterocycles. The molecular formula is C8H10O2. The Hall–Kier alpha value is -1.18. The summed E-state index contributed by atoms with van der Waals surface area (Å²) in [7, 11) is 0. The zero-order chi connectivity index (χ0) is 7.66. The van der Waals surface area contributed by atoms with Crippen molar-refractivity contribution in [1.29, 1.82) is 0 Å². The minimum atomic E-state index is 0.547. The Labute approximate surface area is 60.2 Å². The van der Waals surface area contributed by atoms with Gasteiger partial charge in [0.1, 0.15) is 12.6 Å². The Morgan fingerprint density at radius 2 is 1.70 bits per heavy atom. The van der Waals surface area contributed by atoms with Gasteiger partial charge in [0, 0.05) is 6.42 Å². The summed E-state index contributed by atoms with van der Waals surface area (Å²) in [5, 5.41) is 0. The van der Waals surface area contributed by atoms with Gasteiger partial charge in [-0.1, -0.05) is 18.2 Å². The molecule has 0 fully saturated rings. The Bertz CT molecular complexity index is 145. The Kier molecular flexibility index (Phi) is 6.90. The highest BCUT2D eigenvalue weighted by molar-refractivity contribution is 5.65. The van der Waals surface area contributed by atoms with E-state index in [1.54, 1.807) is 12.2 Å². The Balaban J connectivity index is 3.27. The molecule has 0 aromatic heterocycles. The fraction of sp³-hybridized carbons (Fsp3) is 0.250. The predicted molar refractivity (Wildman–Crippen MR) is 39.6 cm³/mol. The van der Waals surface area contributed by atoms with Crippen LogP contribution in [-0.2, 0) is 9.59 Å². The third-order valence-electron chi connectivity index (χ3n) is 0.888. The van der Waals surface area contributed by atoms with E-state index in [-0.39, 0.29) is 0 Å². The molecule has 10 heavy (non-hydrogen) atoms. The molecule has 0 N–H and O–H groups in total. The van der Waals surface area contributed by atoms with E-state index in [0.717, 1.165) is 12.7 Å². The van der Waals surface area contributed by atoms with Crippen LogP contribution < -0.4 is 0 Å². The molecule has 0 aromatic carbocycles. The van der Waals surface area contributed by atoms with E-state index in [2.05, 4.69) is 0 Å². The topological polar surface area (TPSA) is 34.1 Å². The van der Waals surface area contributed by atoms with Gasteiger partial charge in [-0.3, -0.25) is 4.79 Å². The number of hydrogen-bond donors (Lipinski definition) is 0. The molecule has 0 saturated carbocycles. The molecule has 0 spiro atoms. The summed E-state index contributed by atoms with van der Waals surface area (Å²) < 4.78 is 0. The van der Waals surface area contributed by atoms with Crippen LogP contribution in [0.3, 0.4) is 0 Å². The van der Waals surface area contributed by atoms with Crippen molar-refractivity contribution in [3.8, 4) is 0 Å². The van der Waals surface area contributed by atoms with E-state index in [9.17, 15) is 9.59 Å². The van der Waals surface area contributed by atoms with Gasteiger partial charge >= 0.3 is 0 Å². The maximum atomic E-state index is 9.79. The maximum absolute atomic E-state index is 9.79. The molecule has 0 heterocycles. The summed E-state index contributed by atoms with van der Waals surface area (Å²) >= 11 is 0. The first-order valence-electron chi connectivity index (χ1n) is 3.12. The molecule has 2 nitrogen and oxygen atoms in total. The lowest BCUT2D eigenvalue weighted by molar-refractivity contribution is -0.107. The number of allylic oxidation sites excluding steroid dienone is 4. The van der Waals surface area contributed by atoms with E-state index < -0.39 is 0 Å². The van der Waals surface area contributed by atoms with Crippen molar-refractivity contribution in [2.45, 2.75) is 12.8 Å². The Morgan fingerprint density at radius 3 is 2.30 bits per heavy atom. The van der Waals surface area contributed by atoms with Gasteiger partial charge in [0.2, 0.25) is 0 Å². The number of hydrogen-bond acceptors (Lipinski definition) is 2. The molecule has 2 heteroatoms. The van der Waals surface area contributed by atoms with Crippen LogP contribution >= 0.6 is 0 Å². The minimum absolute atomic E-state index is 0.547. The molecule has 0 aliphatic heterocycles. The minimum Gasteiger partial charge on any atom is -0.303 e. The third kappa shape index (κ3) is 6.82. The van der Waals surface area contributed by atoms with E-state index in [1.807, 2.05) is 6.08 Å². The van der Waals surface area contributed by atoms with Crippen LogP contribution in [0.4, 0.5) is 0 Å². The van der Waals surface area contributed by atoms with E-state index in [4.69, 9.17) is 0 Å². The van der Waals surface area contributed by atoms with Crippen molar-refractivity contribution >= 4 is 12.6 Å². The zero-order valence-corrected chi connectivity index (χ0v) is 5.69. The van der Waals surface area contributed by atoms with Crippen LogP contribution in [0.15, 0.2) is 24.3 Å². The molecular weight excluding hydrogens is 128 g/mol. The molecule has 0 atom stereocenters. The number of carbonyl (C=O) groups is 2. The van der Waals surface area contributed by atoms with Gasteiger partial charge in [0.25, 0.3) is 0 Å². The van der Waals surface area contributed by atoms with E-state index in [1.165, 1.54) is 6.08 Å². The summed E-state index contributed by atoms with van der Waals surface area (Å²) in [6.07, 6.45) is 9.50. The summed E-state index contributed by atoms with van der Waals surface area (Å²) in [5.41, 5.74) is 0. The lowest BCUT2D eigenvalue weighted by Crippen LogP contribution is -1.69. The van der Waals surface area contributed by atoms with Crippen LogP contribution in [0.2, 0.25) is 0 Å². The van der Waals surface area contributed by atoms with Gasteiger partial charge in [-0.15, -0.1) is 0 Å². The van der Waals surface area contributed by atoms with Crippen molar-refractivity contribution in [2.24, 2.45) is 0 Å². The highest BCUT2D eigenvalue weighted by atomic mass is 16.1. The highest BCUT2D eigenvalue weighted by Gasteiger charge is 1.74. The molecule has 0 amide bonds. The Morgan fingerprint density at radius 1 is 0.900 bits per heavy atom. The van der Waals surface area contributed by atoms with Crippen molar-refractivity contribution < 1.29 is 9.59 Å². The summed E-state index contributed by atoms with van der Waals surface area (Å²) in [6.45, 7) is 0. The average molecular weight is 138 g/mol. The first-order chi connectivity index (χ1) is 4.91. The normalized spacial score (nSPS) is 10.8. The second-order valence-electron chi connectivity index (χ2n) is 1.69. The largest absolute Gasteiger partial charge is 0.303 e. The second-order valence-corrected chi connectivity index (χ2v) is 1.69. The summed E-state index contributed by atoms with van der Waals surface area (Å²) in [5.74, 6) is 0. The quantitative estimate of drug-likeness (QED) is 0.248. The van der Waals surface area contributed by atoms with Crippen LogP contribution in [0, 0.1) is 0 Å². The standard InChI is InChI=1S/C8H10O2/c9-7-5-3-1-2-4-6-8-10/h1-3,5,7-8H,4,6H2. The molecule has 0 aliphatic rings. The van der Waals surface area contributed by atoms with Gasteiger partial charge in [-0.05, 0) is 12.5 Å². The number of aldehydes is 2. The third-order valence-corrected chi connectivity index (χ3v) is 0.888. The molecule has 54 valence electrons. The van der Waals surface area contributed by atoms with Gasteiger partial charge in [0.05, 0.1) is 0 Å². The SMILES string of the molecule is O=CC=CC=CCCC=O. The second kappa shape index (κ2) is 7.82. The monoisotopic (exact) mass is 138 g/mol. The maximum Gasteiger partial charge on any atom is 0.142 e. The molecule has 0 radical (unpaired) electrons. The number of carbonyl (C=O) groups excluding carboxylic acids is 2. The number of unbranched alkanes of at least 4 members (excludes halogenated alkanes) is 1. The molecule has 0 aromatic rings. The van der Waals surface area contributed by atoms with Crippen molar-refractivity contribution in [1.82, 2.24) is 0 Å². The highest BCUT2D eigenvalue weighted by Crippen LogP contribution is 1.86. The van der Waals surface area contributed by atoms with Gasteiger partial charge in [-0.25, -0.2) is 0 Å². The van der Waals surface area contributed by atoms with Gasteiger partial charge in [-0.2, -0.15) is 0 Å². The fourth-order valence-electron chi connectivity index (χ4n) is 0.449. The van der Waals surface area contributed by atoms with Crippen LogP contribution in [-0.4, -0.2) is 12.6 Å². The molecule has 0 aliphatic carbocycles.